The van der Waals surface area contributed by atoms with E-state index in [-0.39, 0.29) is 17.0 Å². The molecule has 1 atom stereocenters. The maximum Gasteiger partial charge on any atom is 0.346 e. The van der Waals surface area contributed by atoms with E-state index in [2.05, 4.69) is 5.32 Å². The van der Waals surface area contributed by atoms with Gasteiger partial charge in [0.2, 0.25) is 0 Å². The Morgan fingerprint density at radius 1 is 1.00 bits per heavy atom. The van der Waals surface area contributed by atoms with Crippen molar-refractivity contribution < 1.29 is 23.8 Å². The average Bonchev–Trinajstić information content (AvgIpc) is 2.65. The van der Waals surface area contributed by atoms with Gasteiger partial charge in [0.1, 0.15) is 17.1 Å². The number of hydrogen-bond donors (Lipinski definition) is 1. The number of amides is 1. The standard InChI is InChI=1S/C22H29NO5/c1-13(28-21(25)19-17(26-2)5-4-6-18(19)27-3)20(24)23-22-10-14-7-15(11-22)9-16(8-14)12-22/h4-6,13-16H,7-12H2,1-3H3,(H,23,24)/t13-,14?,15?,16?,22?/m0/s1. The molecule has 1 aromatic carbocycles. The van der Waals surface area contributed by atoms with Crippen LogP contribution < -0.4 is 14.8 Å². The van der Waals surface area contributed by atoms with E-state index in [1.807, 2.05) is 0 Å². The molecule has 4 aliphatic carbocycles. The lowest BCUT2D eigenvalue weighted by Crippen LogP contribution is -2.61. The minimum absolute atomic E-state index is 0.103. The monoisotopic (exact) mass is 387 g/mol. The van der Waals surface area contributed by atoms with Crippen LogP contribution in [-0.4, -0.2) is 37.7 Å². The van der Waals surface area contributed by atoms with Crippen LogP contribution in [0.5, 0.6) is 11.5 Å². The Labute approximate surface area is 165 Å². The molecule has 28 heavy (non-hydrogen) atoms. The second-order valence-corrected chi connectivity index (χ2v) is 8.77. The summed E-state index contributed by atoms with van der Waals surface area (Å²) in [4.78, 5) is 25.6. The number of methoxy groups -OCH3 is 2. The van der Waals surface area contributed by atoms with E-state index < -0.39 is 12.1 Å². The lowest BCUT2D eigenvalue weighted by atomic mass is 9.53. The summed E-state index contributed by atoms with van der Waals surface area (Å²) in [6.45, 7) is 1.62. The molecule has 5 rings (SSSR count). The third-order valence-corrected chi connectivity index (χ3v) is 6.71. The molecule has 0 aliphatic heterocycles. The largest absolute Gasteiger partial charge is 0.496 e. The molecule has 4 saturated carbocycles. The third-order valence-electron chi connectivity index (χ3n) is 6.71. The van der Waals surface area contributed by atoms with Crippen LogP contribution in [0, 0.1) is 17.8 Å². The summed E-state index contributed by atoms with van der Waals surface area (Å²) in [7, 11) is 2.96. The number of hydrogen-bond acceptors (Lipinski definition) is 5. The Hall–Kier alpha value is -2.24. The Kier molecular flexibility index (Phi) is 4.98. The predicted molar refractivity (Wildman–Crippen MR) is 103 cm³/mol. The van der Waals surface area contributed by atoms with Crippen molar-refractivity contribution in [3.63, 3.8) is 0 Å². The second kappa shape index (κ2) is 7.30. The Bertz CT molecular complexity index is 717. The van der Waals surface area contributed by atoms with Gasteiger partial charge in [-0.2, -0.15) is 0 Å². The summed E-state index contributed by atoms with van der Waals surface area (Å²) in [5.74, 6) is 2.09. The molecule has 0 unspecified atom stereocenters. The number of carbonyl (C=O) groups is 2. The van der Waals surface area contributed by atoms with E-state index in [0.29, 0.717) is 11.5 Å². The van der Waals surface area contributed by atoms with E-state index in [4.69, 9.17) is 14.2 Å². The van der Waals surface area contributed by atoms with Crippen molar-refractivity contribution in [3.8, 4) is 11.5 Å². The van der Waals surface area contributed by atoms with Crippen molar-refractivity contribution >= 4 is 11.9 Å². The highest BCUT2D eigenvalue weighted by molar-refractivity contribution is 5.97. The van der Waals surface area contributed by atoms with Gasteiger partial charge in [0.05, 0.1) is 14.2 Å². The highest BCUT2D eigenvalue weighted by Crippen LogP contribution is 2.55. The van der Waals surface area contributed by atoms with Crippen molar-refractivity contribution in [2.24, 2.45) is 17.8 Å². The summed E-state index contributed by atoms with van der Waals surface area (Å²) in [5.41, 5.74) is 0.0937. The Morgan fingerprint density at radius 2 is 1.50 bits per heavy atom. The van der Waals surface area contributed by atoms with Gasteiger partial charge in [0.15, 0.2) is 6.10 Å². The highest BCUT2D eigenvalue weighted by Gasteiger charge is 2.51. The van der Waals surface area contributed by atoms with Crippen LogP contribution in [0.25, 0.3) is 0 Å². The zero-order valence-corrected chi connectivity index (χ0v) is 16.8. The lowest BCUT2D eigenvalue weighted by molar-refractivity contribution is -0.134. The minimum Gasteiger partial charge on any atom is -0.496 e. The van der Waals surface area contributed by atoms with Gasteiger partial charge in [-0.1, -0.05) is 6.07 Å². The van der Waals surface area contributed by atoms with Crippen molar-refractivity contribution in [2.45, 2.75) is 57.1 Å². The first-order valence-electron chi connectivity index (χ1n) is 10.2. The molecule has 0 saturated heterocycles. The zero-order valence-electron chi connectivity index (χ0n) is 16.8. The molecule has 1 amide bonds. The predicted octanol–water partition coefficient (Wildman–Crippen LogP) is 3.33. The number of benzene rings is 1. The quantitative estimate of drug-likeness (QED) is 0.758. The highest BCUT2D eigenvalue weighted by atomic mass is 16.6. The molecular formula is C22H29NO5. The number of ether oxygens (including phenoxy) is 3. The molecule has 0 heterocycles. The molecule has 0 spiro atoms. The summed E-state index contributed by atoms with van der Waals surface area (Å²) < 4.78 is 16.0. The average molecular weight is 387 g/mol. The number of carbonyl (C=O) groups excluding carboxylic acids is 2. The fraction of sp³-hybridized carbons (Fsp3) is 0.636. The molecule has 4 fully saturated rings. The van der Waals surface area contributed by atoms with Gasteiger partial charge in [0, 0.05) is 5.54 Å². The first-order valence-corrected chi connectivity index (χ1v) is 10.2. The molecular weight excluding hydrogens is 358 g/mol. The van der Waals surface area contributed by atoms with E-state index in [9.17, 15) is 9.59 Å². The lowest BCUT2D eigenvalue weighted by Gasteiger charge is -2.57. The number of rotatable bonds is 6. The van der Waals surface area contributed by atoms with Gasteiger partial charge in [-0.3, -0.25) is 4.79 Å². The normalized spacial score (nSPS) is 31.2. The number of nitrogens with one attached hydrogen (secondary N) is 1. The Balaban J connectivity index is 1.43. The van der Waals surface area contributed by atoms with Crippen molar-refractivity contribution in [3.05, 3.63) is 23.8 Å². The van der Waals surface area contributed by atoms with Crippen molar-refractivity contribution in [1.82, 2.24) is 5.32 Å². The van der Waals surface area contributed by atoms with E-state index in [1.165, 1.54) is 33.5 Å². The summed E-state index contributed by atoms with van der Waals surface area (Å²) in [6.07, 6.45) is 6.24. The maximum atomic E-state index is 12.9. The van der Waals surface area contributed by atoms with Crippen molar-refractivity contribution in [2.75, 3.05) is 14.2 Å². The SMILES string of the molecule is COc1cccc(OC)c1C(=O)O[C@@H](C)C(=O)NC12CC3CC(CC(C3)C1)C2. The van der Waals surface area contributed by atoms with E-state index >= 15 is 0 Å². The van der Waals surface area contributed by atoms with Gasteiger partial charge in [-0.05, 0) is 75.3 Å². The van der Waals surface area contributed by atoms with Crippen molar-refractivity contribution in [1.29, 1.82) is 0 Å². The first-order chi connectivity index (χ1) is 13.4. The molecule has 0 radical (unpaired) electrons. The van der Waals surface area contributed by atoms with Crippen LogP contribution in [0.4, 0.5) is 0 Å². The van der Waals surface area contributed by atoms with Crippen LogP contribution in [0.3, 0.4) is 0 Å². The van der Waals surface area contributed by atoms with Crippen LogP contribution in [0.1, 0.15) is 55.8 Å². The van der Waals surface area contributed by atoms with Crippen LogP contribution in [0.15, 0.2) is 18.2 Å². The van der Waals surface area contributed by atoms with Crippen LogP contribution >= 0.6 is 0 Å². The first kappa shape index (κ1) is 19.1. The third kappa shape index (κ3) is 3.45. The molecule has 1 N–H and O–H groups in total. The maximum absolute atomic E-state index is 12.9. The molecule has 152 valence electrons. The zero-order chi connectivity index (χ0) is 19.9. The summed E-state index contributed by atoms with van der Waals surface area (Å²) in [6, 6.07) is 5.07. The van der Waals surface area contributed by atoms with Gasteiger partial charge >= 0.3 is 5.97 Å². The van der Waals surface area contributed by atoms with Gasteiger partial charge in [-0.15, -0.1) is 0 Å². The molecule has 1 aromatic rings. The smallest absolute Gasteiger partial charge is 0.346 e. The molecule has 6 nitrogen and oxygen atoms in total. The fourth-order valence-corrected chi connectivity index (χ4v) is 5.95. The van der Waals surface area contributed by atoms with Crippen LogP contribution in [0.2, 0.25) is 0 Å². The van der Waals surface area contributed by atoms with Gasteiger partial charge < -0.3 is 19.5 Å². The van der Waals surface area contributed by atoms with E-state index in [1.54, 1.807) is 25.1 Å². The van der Waals surface area contributed by atoms with Gasteiger partial charge in [-0.25, -0.2) is 4.79 Å². The van der Waals surface area contributed by atoms with Gasteiger partial charge in [0.25, 0.3) is 5.91 Å². The van der Waals surface area contributed by atoms with E-state index in [0.717, 1.165) is 37.0 Å². The molecule has 4 aliphatic rings. The second-order valence-electron chi connectivity index (χ2n) is 8.77. The summed E-state index contributed by atoms with van der Waals surface area (Å²) in [5, 5.41) is 3.26. The fourth-order valence-electron chi connectivity index (χ4n) is 5.95. The van der Waals surface area contributed by atoms with Crippen LogP contribution in [-0.2, 0) is 9.53 Å². The molecule has 0 aromatic heterocycles. The number of esters is 1. The minimum atomic E-state index is -0.880. The topological polar surface area (TPSA) is 73.9 Å². The molecule has 6 heteroatoms. The molecule has 4 bridgehead atoms. The Morgan fingerprint density at radius 3 is 1.96 bits per heavy atom. The summed E-state index contributed by atoms with van der Waals surface area (Å²) >= 11 is 0.